The molecule has 0 bridgehead atoms. The molecule has 0 fully saturated rings. The first-order valence-corrected chi connectivity index (χ1v) is 7.62. The molecule has 1 atom stereocenters. The number of aliphatic imine (C=N–C) groups is 1. The van der Waals surface area contributed by atoms with Crippen LogP contribution in [0.25, 0.3) is 0 Å². The monoisotopic (exact) mass is 332 g/mol. The van der Waals surface area contributed by atoms with Crippen LogP contribution >= 0.6 is 11.6 Å². The summed E-state index contributed by atoms with van der Waals surface area (Å²) in [5, 5.41) is 11.1. The molecule has 0 N–H and O–H groups in total. The zero-order chi connectivity index (χ0) is 16.8. The summed E-state index contributed by atoms with van der Waals surface area (Å²) in [6.07, 6.45) is 2.66. The molecule has 0 unspecified atom stereocenters. The van der Waals surface area contributed by atoms with Crippen molar-refractivity contribution in [3.05, 3.63) is 63.2 Å². The highest BCUT2D eigenvalue weighted by atomic mass is 35.5. The van der Waals surface area contributed by atoms with Gasteiger partial charge in [0.2, 0.25) is 0 Å². The van der Waals surface area contributed by atoms with Crippen LogP contribution in [0.4, 0.5) is 11.4 Å². The van der Waals surface area contributed by atoms with Crippen molar-refractivity contribution in [2.24, 2.45) is 4.99 Å². The molecule has 120 valence electrons. The second kappa shape index (κ2) is 7.74. The number of nitro groups is 1. The number of non-ortho nitro benzene ring substituents is 1. The van der Waals surface area contributed by atoms with E-state index in [1.807, 2.05) is 26.0 Å². The van der Waals surface area contributed by atoms with Crippen LogP contribution in [-0.4, -0.2) is 17.2 Å². The van der Waals surface area contributed by atoms with Gasteiger partial charge in [0, 0.05) is 18.3 Å². The van der Waals surface area contributed by atoms with E-state index in [1.165, 1.54) is 12.1 Å². The van der Waals surface area contributed by atoms with Gasteiger partial charge in [-0.25, -0.2) is 0 Å². The molecule has 2 rings (SSSR count). The van der Waals surface area contributed by atoms with E-state index in [4.69, 9.17) is 16.3 Å². The van der Waals surface area contributed by atoms with Gasteiger partial charge in [0.1, 0.15) is 5.75 Å². The van der Waals surface area contributed by atoms with E-state index in [0.717, 1.165) is 12.0 Å². The molecular weight excluding hydrogens is 316 g/mol. The Morgan fingerprint density at radius 3 is 2.57 bits per heavy atom. The molecule has 2 aromatic carbocycles. The summed E-state index contributed by atoms with van der Waals surface area (Å²) in [7, 11) is 0. The first kappa shape index (κ1) is 17.0. The summed E-state index contributed by atoms with van der Waals surface area (Å²) in [5.41, 5.74) is 1.50. The molecule has 23 heavy (non-hydrogen) atoms. The van der Waals surface area contributed by atoms with Gasteiger partial charge in [0.15, 0.2) is 0 Å². The van der Waals surface area contributed by atoms with E-state index in [2.05, 4.69) is 4.99 Å². The zero-order valence-corrected chi connectivity index (χ0v) is 13.7. The number of benzene rings is 2. The maximum Gasteiger partial charge on any atom is 0.269 e. The summed E-state index contributed by atoms with van der Waals surface area (Å²) < 4.78 is 5.71. The first-order valence-electron chi connectivity index (χ1n) is 7.24. The normalized spacial score (nSPS) is 12.3. The van der Waals surface area contributed by atoms with Crippen LogP contribution in [0.1, 0.15) is 25.8 Å². The second-order valence-electron chi connectivity index (χ2n) is 5.06. The van der Waals surface area contributed by atoms with Crippen molar-refractivity contribution in [3.8, 4) is 5.75 Å². The summed E-state index contributed by atoms with van der Waals surface area (Å²) >= 11 is 6.21. The predicted octanol–water partition coefficient (Wildman–Crippen LogP) is 5.18. The molecule has 0 amide bonds. The van der Waals surface area contributed by atoms with E-state index in [1.54, 1.807) is 24.4 Å². The van der Waals surface area contributed by atoms with Crippen LogP contribution in [0, 0.1) is 10.1 Å². The van der Waals surface area contributed by atoms with Crippen molar-refractivity contribution in [1.82, 2.24) is 0 Å². The fourth-order valence-corrected chi connectivity index (χ4v) is 2.04. The summed E-state index contributed by atoms with van der Waals surface area (Å²) in [5.74, 6) is 0.647. The van der Waals surface area contributed by atoms with Crippen molar-refractivity contribution >= 4 is 29.2 Å². The smallest absolute Gasteiger partial charge is 0.269 e. The number of hydrogen-bond acceptors (Lipinski definition) is 4. The third-order valence-electron chi connectivity index (χ3n) is 3.28. The van der Waals surface area contributed by atoms with Crippen molar-refractivity contribution < 1.29 is 9.66 Å². The molecule has 5 nitrogen and oxygen atoms in total. The van der Waals surface area contributed by atoms with Crippen molar-refractivity contribution in [2.75, 3.05) is 0 Å². The average Bonchev–Trinajstić information content (AvgIpc) is 2.55. The Balaban J connectivity index is 2.10. The van der Waals surface area contributed by atoms with Crippen LogP contribution in [0.5, 0.6) is 5.75 Å². The van der Waals surface area contributed by atoms with Crippen LogP contribution < -0.4 is 4.74 Å². The van der Waals surface area contributed by atoms with E-state index in [0.29, 0.717) is 16.5 Å². The van der Waals surface area contributed by atoms with Gasteiger partial charge in [-0.2, -0.15) is 0 Å². The molecule has 0 radical (unpaired) electrons. The Hall–Kier alpha value is -2.40. The Labute approximate surface area is 139 Å². The quantitative estimate of drug-likeness (QED) is 0.416. The largest absolute Gasteiger partial charge is 0.489 e. The van der Waals surface area contributed by atoms with Gasteiger partial charge in [-0.15, -0.1) is 0 Å². The molecule has 6 heteroatoms. The number of hydrogen-bond donors (Lipinski definition) is 0. The molecule has 0 spiro atoms. The summed E-state index contributed by atoms with van der Waals surface area (Å²) in [4.78, 5) is 14.4. The third kappa shape index (κ3) is 4.79. The topological polar surface area (TPSA) is 64.7 Å². The van der Waals surface area contributed by atoms with E-state index in [-0.39, 0.29) is 11.8 Å². The molecule has 0 aliphatic heterocycles. The predicted molar refractivity (Wildman–Crippen MR) is 92.2 cm³/mol. The highest BCUT2D eigenvalue weighted by molar-refractivity contribution is 6.32. The Morgan fingerprint density at radius 2 is 2.00 bits per heavy atom. The molecule has 0 saturated carbocycles. The van der Waals surface area contributed by atoms with Gasteiger partial charge < -0.3 is 4.74 Å². The number of nitro benzene ring substituents is 1. The van der Waals surface area contributed by atoms with Crippen molar-refractivity contribution in [1.29, 1.82) is 0 Å². The minimum Gasteiger partial charge on any atom is -0.489 e. The lowest BCUT2D eigenvalue weighted by Gasteiger charge is -2.13. The highest BCUT2D eigenvalue weighted by Crippen LogP contribution is 2.26. The fourth-order valence-electron chi connectivity index (χ4n) is 1.80. The maximum absolute atomic E-state index is 10.6. The van der Waals surface area contributed by atoms with Crippen molar-refractivity contribution in [3.63, 3.8) is 0 Å². The Morgan fingerprint density at radius 1 is 1.30 bits per heavy atom. The summed E-state index contributed by atoms with van der Waals surface area (Å²) in [6, 6.07) is 11.5. The van der Waals surface area contributed by atoms with Gasteiger partial charge in [-0.3, -0.25) is 15.1 Å². The Kier molecular flexibility index (Phi) is 5.71. The lowest BCUT2D eigenvalue weighted by Crippen LogP contribution is -2.09. The molecule has 0 heterocycles. The van der Waals surface area contributed by atoms with Gasteiger partial charge in [0.05, 0.1) is 21.7 Å². The number of rotatable bonds is 6. The molecule has 0 aliphatic rings. The fraction of sp³-hybridized carbons (Fsp3) is 0.235. The number of halogens is 1. The SMILES string of the molecule is CC[C@@H](C)Oc1ccc(C=Nc2ccc([N+](=O)[O-])cc2)cc1Cl. The van der Waals surface area contributed by atoms with E-state index < -0.39 is 4.92 Å². The zero-order valence-electron chi connectivity index (χ0n) is 12.9. The van der Waals surface area contributed by atoms with Crippen LogP contribution in [-0.2, 0) is 0 Å². The van der Waals surface area contributed by atoms with Crippen LogP contribution in [0.15, 0.2) is 47.5 Å². The maximum atomic E-state index is 10.6. The summed E-state index contributed by atoms with van der Waals surface area (Å²) in [6.45, 7) is 4.03. The van der Waals surface area contributed by atoms with Gasteiger partial charge >= 0.3 is 0 Å². The lowest BCUT2D eigenvalue weighted by atomic mass is 10.2. The number of nitrogens with zero attached hydrogens (tertiary/aromatic N) is 2. The number of ether oxygens (including phenoxy) is 1. The third-order valence-corrected chi connectivity index (χ3v) is 3.58. The second-order valence-corrected chi connectivity index (χ2v) is 5.47. The van der Waals surface area contributed by atoms with Gasteiger partial charge in [0.25, 0.3) is 5.69 Å². The van der Waals surface area contributed by atoms with Crippen LogP contribution in [0.2, 0.25) is 5.02 Å². The van der Waals surface area contributed by atoms with Gasteiger partial charge in [-0.1, -0.05) is 18.5 Å². The van der Waals surface area contributed by atoms with Crippen LogP contribution in [0.3, 0.4) is 0 Å². The minimum atomic E-state index is -0.441. The molecular formula is C17H17ClN2O3. The molecule has 2 aromatic rings. The van der Waals surface area contributed by atoms with E-state index >= 15 is 0 Å². The van der Waals surface area contributed by atoms with Crippen molar-refractivity contribution in [2.45, 2.75) is 26.4 Å². The molecule has 0 aliphatic carbocycles. The minimum absolute atomic E-state index is 0.0403. The standard InChI is InChI=1S/C17H17ClN2O3/c1-3-12(2)23-17-9-4-13(10-16(17)18)11-19-14-5-7-15(8-6-14)20(21)22/h4-12H,3H2,1-2H3/t12-/m1/s1. The molecule has 0 aromatic heterocycles. The average molecular weight is 333 g/mol. The molecule has 0 saturated heterocycles. The van der Waals surface area contributed by atoms with E-state index in [9.17, 15) is 10.1 Å². The highest BCUT2D eigenvalue weighted by Gasteiger charge is 2.06. The van der Waals surface area contributed by atoms with Gasteiger partial charge in [-0.05, 0) is 49.2 Å². The first-order chi connectivity index (χ1) is 11.0. The lowest BCUT2D eigenvalue weighted by molar-refractivity contribution is -0.384. The Bertz CT molecular complexity index is 714.